The molecule has 0 aliphatic carbocycles. The molecular formula is C17H23IN4O3. The Morgan fingerprint density at radius 1 is 1.16 bits per heavy atom. The second-order valence-electron chi connectivity index (χ2n) is 4.92. The zero-order valence-corrected chi connectivity index (χ0v) is 16.6. The SMILES string of the molecule is CN=C(NCCNC(=O)c1cccc(OC)c1)NCc1ccco1.I. The fourth-order valence-electron chi connectivity index (χ4n) is 2.03. The van der Waals surface area contributed by atoms with Crippen LogP contribution in [0.3, 0.4) is 0 Å². The van der Waals surface area contributed by atoms with Crippen molar-refractivity contribution in [2.24, 2.45) is 4.99 Å². The number of carbonyl (C=O) groups is 1. The maximum atomic E-state index is 12.1. The van der Waals surface area contributed by atoms with Gasteiger partial charge in [0.1, 0.15) is 11.5 Å². The molecule has 3 N–H and O–H groups in total. The lowest BCUT2D eigenvalue weighted by molar-refractivity contribution is 0.0954. The first-order valence-corrected chi connectivity index (χ1v) is 7.62. The van der Waals surface area contributed by atoms with Gasteiger partial charge in [0.2, 0.25) is 0 Å². The minimum absolute atomic E-state index is 0. The predicted octanol–water partition coefficient (Wildman–Crippen LogP) is 2.00. The maximum Gasteiger partial charge on any atom is 0.251 e. The third kappa shape index (κ3) is 7.04. The molecule has 2 rings (SSSR count). The lowest BCUT2D eigenvalue weighted by Gasteiger charge is -2.11. The van der Waals surface area contributed by atoms with Crippen LogP contribution in [0.2, 0.25) is 0 Å². The second-order valence-corrected chi connectivity index (χ2v) is 4.92. The van der Waals surface area contributed by atoms with Crippen molar-refractivity contribution >= 4 is 35.8 Å². The van der Waals surface area contributed by atoms with Crippen LogP contribution < -0.4 is 20.7 Å². The Labute approximate surface area is 164 Å². The molecule has 0 saturated carbocycles. The first kappa shape index (κ1) is 20.8. The minimum Gasteiger partial charge on any atom is -0.497 e. The lowest BCUT2D eigenvalue weighted by atomic mass is 10.2. The van der Waals surface area contributed by atoms with Crippen LogP contribution in [-0.2, 0) is 6.54 Å². The van der Waals surface area contributed by atoms with Gasteiger partial charge in [-0.15, -0.1) is 24.0 Å². The second kappa shape index (κ2) is 11.3. The zero-order chi connectivity index (χ0) is 17.2. The standard InChI is InChI=1S/C17H22N4O3.HI/c1-18-17(21-12-15-7-4-10-24-15)20-9-8-19-16(22)13-5-3-6-14(11-13)23-2;/h3-7,10-11H,8-9,12H2,1-2H3,(H,19,22)(H2,18,20,21);1H. The average Bonchev–Trinajstić information content (AvgIpc) is 3.14. The number of carbonyl (C=O) groups excluding carboxylic acids is 1. The summed E-state index contributed by atoms with van der Waals surface area (Å²) >= 11 is 0. The summed E-state index contributed by atoms with van der Waals surface area (Å²) in [6.45, 7) is 1.56. The monoisotopic (exact) mass is 458 g/mol. The van der Waals surface area contributed by atoms with Crippen molar-refractivity contribution in [3.8, 4) is 5.75 Å². The van der Waals surface area contributed by atoms with E-state index in [1.807, 2.05) is 12.1 Å². The molecule has 0 atom stereocenters. The van der Waals surface area contributed by atoms with Gasteiger partial charge in [0.15, 0.2) is 5.96 Å². The minimum atomic E-state index is -0.144. The first-order valence-electron chi connectivity index (χ1n) is 7.62. The normalized spacial score (nSPS) is 10.6. The van der Waals surface area contributed by atoms with Crippen molar-refractivity contribution in [1.82, 2.24) is 16.0 Å². The van der Waals surface area contributed by atoms with Crippen LogP contribution in [-0.4, -0.2) is 39.1 Å². The molecule has 1 aromatic carbocycles. The molecule has 0 aliphatic rings. The van der Waals surface area contributed by atoms with E-state index >= 15 is 0 Å². The number of hydrogen-bond donors (Lipinski definition) is 3. The number of guanidine groups is 1. The molecule has 0 saturated heterocycles. The molecule has 1 amide bonds. The van der Waals surface area contributed by atoms with Gasteiger partial charge in [0.05, 0.1) is 19.9 Å². The van der Waals surface area contributed by atoms with E-state index in [2.05, 4.69) is 20.9 Å². The van der Waals surface area contributed by atoms with Crippen LogP contribution in [0.15, 0.2) is 52.1 Å². The third-order valence-electron chi connectivity index (χ3n) is 3.27. The lowest BCUT2D eigenvalue weighted by Crippen LogP contribution is -2.41. The quantitative estimate of drug-likeness (QED) is 0.256. The van der Waals surface area contributed by atoms with Gasteiger partial charge >= 0.3 is 0 Å². The number of methoxy groups -OCH3 is 1. The number of aliphatic imine (C=N–C) groups is 1. The van der Waals surface area contributed by atoms with E-state index in [4.69, 9.17) is 9.15 Å². The highest BCUT2D eigenvalue weighted by Gasteiger charge is 2.06. The number of benzene rings is 1. The molecule has 0 spiro atoms. The summed E-state index contributed by atoms with van der Waals surface area (Å²) in [7, 11) is 3.26. The van der Waals surface area contributed by atoms with E-state index < -0.39 is 0 Å². The van der Waals surface area contributed by atoms with Crippen molar-refractivity contribution in [2.45, 2.75) is 6.54 Å². The van der Waals surface area contributed by atoms with Gasteiger partial charge in [-0.2, -0.15) is 0 Å². The molecule has 0 radical (unpaired) electrons. The summed E-state index contributed by atoms with van der Waals surface area (Å²) in [6.07, 6.45) is 1.63. The summed E-state index contributed by atoms with van der Waals surface area (Å²) in [6, 6.07) is 10.7. The average molecular weight is 458 g/mol. The first-order chi connectivity index (χ1) is 11.7. The molecular weight excluding hydrogens is 435 g/mol. The van der Waals surface area contributed by atoms with Gasteiger partial charge in [-0.25, -0.2) is 0 Å². The van der Waals surface area contributed by atoms with Crippen molar-refractivity contribution in [3.63, 3.8) is 0 Å². The molecule has 0 unspecified atom stereocenters. The van der Waals surface area contributed by atoms with Gasteiger partial charge in [-0.05, 0) is 30.3 Å². The smallest absolute Gasteiger partial charge is 0.251 e. The van der Waals surface area contributed by atoms with E-state index in [1.54, 1.807) is 44.7 Å². The Bertz CT molecular complexity index is 674. The Morgan fingerprint density at radius 3 is 2.64 bits per heavy atom. The summed E-state index contributed by atoms with van der Waals surface area (Å²) in [4.78, 5) is 16.2. The largest absolute Gasteiger partial charge is 0.497 e. The predicted molar refractivity (Wildman–Crippen MR) is 108 cm³/mol. The van der Waals surface area contributed by atoms with Crippen molar-refractivity contribution < 1.29 is 13.9 Å². The summed E-state index contributed by atoms with van der Waals surface area (Å²) in [5.41, 5.74) is 0.565. The molecule has 0 aliphatic heterocycles. The van der Waals surface area contributed by atoms with E-state index in [9.17, 15) is 4.79 Å². The number of furan rings is 1. The Kier molecular flexibility index (Phi) is 9.45. The fraction of sp³-hybridized carbons (Fsp3) is 0.294. The van der Waals surface area contributed by atoms with Crippen LogP contribution in [0.25, 0.3) is 0 Å². The van der Waals surface area contributed by atoms with Crippen molar-refractivity contribution in [2.75, 3.05) is 27.2 Å². The molecule has 1 heterocycles. The molecule has 2 aromatic rings. The van der Waals surface area contributed by atoms with Gasteiger partial charge in [-0.3, -0.25) is 9.79 Å². The van der Waals surface area contributed by atoms with Crippen LogP contribution in [0.1, 0.15) is 16.1 Å². The van der Waals surface area contributed by atoms with Gasteiger partial charge in [0, 0.05) is 25.7 Å². The number of amides is 1. The Morgan fingerprint density at radius 2 is 1.96 bits per heavy atom. The molecule has 136 valence electrons. The van der Waals surface area contributed by atoms with Crippen LogP contribution >= 0.6 is 24.0 Å². The van der Waals surface area contributed by atoms with E-state index in [0.717, 1.165) is 5.76 Å². The Balaban J connectivity index is 0.00000312. The molecule has 8 heteroatoms. The van der Waals surface area contributed by atoms with Crippen molar-refractivity contribution in [1.29, 1.82) is 0 Å². The molecule has 7 nitrogen and oxygen atoms in total. The number of nitrogens with zero attached hydrogens (tertiary/aromatic N) is 1. The summed E-state index contributed by atoms with van der Waals surface area (Å²) in [5, 5.41) is 9.08. The highest BCUT2D eigenvalue weighted by atomic mass is 127. The molecule has 0 bridgehead atoms. The molecule has 25 heavy (non-hydrogen) atoms. The van der Waals surface area contributed by atoms with Gasteiger partial charge in [0.25, 0.3) is 5.91 Å². The van der Waals surface area contributed by atoms with E-state index in [-0.39, 0.29) is 29.9 Å². The topological polar surface area (TPSA) is 87.9 Å². The summed E-state index contributed by atoms with van der Waals surface area (Å²) < 4.78 is 10.4. The van der Waals surface area contributed by atoms with Crippen molar-refractivity contribution in [3.05, 3.63) is 54.0 Å². The summed E-state index contributed by atoms with van der Waals surface area (Å²) in [5.74, 6) is 1.98. The maximum absolute atomic E-state index is 12.1. The van der Waals surface area contributed by atoms with Gasteiger partial charge < -0.3 is 25.1 Å². The molecule has 0 fully saturated rings. The highest BCUT2D eigenvalue weighted by molar-refractivity contribution is 14.0. The number of rotatable bonds is 7. The number of hydrogen-bond acceptors (Lipinski definition) is 4. The molecule has 1 aromatic heterocycles. The van der Waals surface area contributed by atoms with E-state index in [1.165, 1.54) is 0 Å². The Hall–Kier alpha value is -2.23. The zero-order valence-electron chi connectivity index (χ0n) is 14.2. The van der Waals surface area contributed by atoms with Crippen LogP contribution in [0, 0.1) is 0 Å². The fourth-order valence-corrected chi connectivity index (χ4v) is 2.03. The number of ether oxygens (including phenoxy) is 1. The third-order valence-corrected chi connectivity index (χ3v) is 3.27. The van der Waals surface area contributed by atoms with Crippen LogP contribution in [0.4, 0.5) is 0 Å². The van der Waals surface area contributed by atoms with Gasteiger partial charge in [-0.1, -0.05) is 6.07 Å². The number of halogens is 1. The van der Waals surface area contributed by atoms with E-state index in [0.29, 0.717) is 36.9 Å². The van der Waals surface area contributed by atoms with Crippen LogP contribution in [0.5, 0.6) is 5.75 Å². The highest BCUT2D eigenvalue weighted by Crippen LogP contribution is 2.12. The number of nitrogens with one attached hydrogen (secondary N) is 3.